The highest BCUT2D eigenvalue weighted by Crippen LogP contribution is 2.51. The van der Waals surface area contributed by atoms with Gasteiger partial charge in [-0.1, -0.05) is 0 Å². The average molecular weight is 342 g/mol. The summed E-state index contributed by atoms with van der Waals surface area (Å²) in [4.78, 5) is 12.3. The molecule has 25 heavy (non-hydrogen) atoms. The van der Waals surface area contributed by atoms with Crippen molar-refractivity contribution in [2.24, 2.45) is 18.4 Å². The van der Waals surface area contributed by atoms with Gasteiger partial charge in [0, 0.05) is 32.1 Å². The third-order valence-electron chi connectivity index (χ3n) is 5.37. The number of carbonyl (C=O) groups is 1. The molecule has 0 atom stereocenters. The van der Waals surface area contributed by atoms with Crippen LogP contribution in [0.3, 0.4) is 0 Å². The molecule has 1 aliphatic heterocycles. The zero-order chi connectivity index (χ0) is 17.6. The summed E-state index contributed by atoms with van der Waals surface area (Å²) in [5, 5.41) is 25.1. The van der Waals surface area contributed by atoms with Crippen molar-refractivity contribution in [1.29, 1.82) is 0 Å². The number of carboxylic acid groups (broad SMARTS) is 1. The van der Waals surface area contributed by atoms with Crippen LogP contribution in [-0.2, 0) is 7.05 Å². The molecule has 2 aromatic rings. The third kappa shape index (κ3) is 2.81. The van der Waals surface area contributed by atoms with E-state index in [0.29, 0.717) is 19.0 Å². The zero-order valence-corrected chi connectivity index (χ0v) is 14.4. The van der Waals surface area contributed by atoms with E-state index in [1.165, 1.54) is 4.90 Å². The van der Waals surface area contributed by atoms with Gasteiger partial charge >= 0.3 is 6.09 Å². The van der Waals surface area contributed by atoms with Crippen LogP contribution in [0.5, 0.6) is 0 Å². The summed E-state index contributed by atoms with van der Waals surface area (Å²) in [5.74, 6) is 1.35. The summed E-state index contributed by atoms with van der Waals surface area (Å²) in [6.45, 7) is 4.25. The molecular weight excluding hydrogens is 320 g/mol. The van der Waals surface area contributed by atoms with Crippen LogP contribution < -0.4 is 5.32 Å². The van der Waals surface area contributed by atoms with Crippen LogP contribution in [0.1, 0.15) is 18.4 Å². The molecule has 3 heterocycles. The monoisotopic (exact) mass is 342 g/mol. The van der Waals surface area contributed by atoms with Crippen molar-refractivity contribution >= 4 is 11.9 Å². The lowest BCUT2D eigenvalue weighted by atomic mass is 9.58. The lowest BCUT2D eigenvalue weighted by Crippen LogP contribution is -2.64. The van der Waals surface area contributed by atoms with Crippen LogP contribution in [0.4, 0.5) is 10.6 Å². The highest BCUT2D eigenvalue weighted by atomic mass is 16.4. The molecule has 2 N–H and O–H groups in total. The number of aromatic nitrogens is 4. The summed E-state index contributed by atoms with van der Waals surface area (Å²) in [6, 6.07) is 3.90. The SMILES string of the molecule is Cc1cnn(C)c1-c1ccc(NCC2CC3(C2)CN(C(=O)O)C3)nn1. The van der Waals surface area contributed by atoms with Gasteiger partial charge in [-0.2, -0.15) is 5.10 Å². The quantitative estimate of drug-likeness (QED) is 0.882. The smallest absolute Gasteiger partial charge is 0.407 e. The van der Waals surface area contributed by atoms with E-state index in [9.17, 15) is 4.79 Å². The van der Waals surface area contributed by atoms with Gasteiger partial charge in [0.25, 0.3) is 0 Å². The molecule has 0 unspecified atom stereocenters. The topological polar surface area (TPSA) is 96.2 Å². The van der Waals surface area contributed by atoms with Crippen LogP contribution in [-0.4, -0.2) is 55.7 Å². The van der Waals surface area contributed by atoms with Gasteiger partial charge in [-0.25, -0.2) is 4.79 Å². The summed E-state index contributed by atoms with van der Waals surface area (Å²) in [7, 11) is 1.90. The maximum atomic E-state index is 10.8. The molecule has 8 nitrogen and oxygen atoms in total. The Morgan fingerprint density at radius 2 is 2.12 bits per heavy atom. The van der Waals surface area contributed by atoms with Crippen LogP contribution in [0, 0.1) is 18.3 Å². The van der Waals surface area contributed by atoms with Crippen molar-refractivity contribution in [3.8, 4) is 11.4 Å². The summed E-state index contributed by atoms with van der Waals surface area (Å²) in [5.41, 5.74) is 3.12. The van der Waals surface area contributed by atoms with Gasteiger partial charge in [0.05, 0.1) is 11.9 Å². The molecule has 2 aliphatic rings. The fourth-order valence-corrected chi connectivity index (χ4v) is 4.18. The number of aryl methyl sites for hydroxylation is 2. The minimum absolute atomic E-state index is 0.247. The highest BCUT2D eigenvalue weighted by molar-refractivity contribution is 5.66. The summed E-state index contributed by atoms with van der Waals surface area (Å²) in [6.07, 6.45) is 3.19. The number of amides is 1. The first-order chi connectivity index (χ1) is 12.0. The molecule has 0 radical (unpaired) electrons. The normalized spacial score (nSPS) is 18.7. The van der Waals surface area contributed by atoms with E-state index in [2.05, 4.69) is 20.6 Å². The number of nitrogens with one attached hydrogen (secondary N) is 1. The largest absolute Gasteiger partial charge is 0.465 e. The molecular formula is C17H22N6O2. The maximum Gasteiger partial charge on any atom is 0.407 e. The van der Waals surface area contributed by atoms with Crippen molar-refractivity contribution in [3.63, 3.8) is 0 Å². The Balaban J connectivity index is 1.28. The number of hydrogen-bond donors (Lipinski definition) is 2. The van der Waals surface area contributed by atoms with E-state index in [-0.39, 0.29) is 5.41 Å². The Labute approximate surface area is 145 Å². The van der Waals surface area contributed by atoms with Crippen LogP contribution in [0.25, 0.3) is 11.4 Å². The fraction of sp³-hybridized carbons (Fsp3) is 0.529. The van der Waals surface area contributed by atoms with E-state index >= 15 is 0 Å². The third-order valence-corrected chi connectivity index (χ3v) is 5.37. The van der Waals surface area contributed by atoms with Gasteiger partial charge in [0.2, 0.25) is 0 Å². The lowest BCUT2D eigenvalue weighted by molar-refractivity contribution is -0.0759. The van der Waals surface area contributed by atoms with Gasteiger partial charge in [-0.05, 0) is 43.4 Å². The first-order valence-corrected chi connectivity index (χ1v) is 8.50. The zero-order valence-electron chi connectivity index (χ0n) is 14.4. The minimum Gasteiger partial charge on any atom is -0.465 e. The number of hydrogen-bond acceptors (Lipinski definition) is 5. The minimum atomic E-state index is -0.800. The van der Waals surface area contributed by atoms with Gasteiger partial charge in [-0.3, -0.25) is 4.68 Å². The molecule has 4 rings (SSSR count). The van der Waals surface area contributed by atoms with Gasteiger partial charge in [0.1, 0.15) is 11.5 Å². The molecule has 1 amide bonds. The first kappa shape index (κ1) is 15.9. The second-order valence-corrected chi connectivity index (χ2v) is 7.40. The van der Waals surface area contributed by atoms with Crippen LogP contribution in [0.15, 0.2) is 18.3 Å². The predicted molar refractivity (Wildman–Crippen MR) is 92.2 cm³/mol. The highest BCUT2D eigenvalue weighted by Gasteiger charge is 2.53. The van der Waals surface area contributed by atoms with Crippen molar-refractivity contribution in [2.45, 2.75) is 19.8 Å². The van der Waals surface area contributed by atoms with Crippen molar-refractivity contribution in [3.05, 3.63) is 23.9 Å². The second-order valence-electron chi connectivity index (χ2n) is 7.40. The molecule has 2 fully saturated rings. The predicted octanol–water partition coefficient (Wildman–Crippen LogP) is 1.99. The second kappa shape index (κ2) is 5.72. The molecule has 2 aromatic heterocycles. The Kier molecular flexibility index (Phi) is 3.63. The van der Waals surface area contributed by atoms with E-state index < -0.39 is 6.09 Å². The van der Waals surface area contributed by atoms with Crippen molar-refractivity contribution < 1.29 is 9.90 Å². The van der Waals surface area contributed by atoms with Gasteiger partial charge < -0.3 is 15.3 Å². The summed E-state index contributed by atoms with van der Waals surface area (Å²) < 4.78 is 1.80. The van der Waals surface area contributed by atoms with E-state index in [1.54, 1.807) is 4.68 Å². The van der Waals surface area contributed by atoms with Crippen LogP contribution >= 0.6 is 0 Å². The Morgan fingerprint density at radius 3 is 2.68 bits per heavy atom. The van der Waals surface area contributed by atoms with Crippen molar-refractivity contribution in [2.75, 3.05) is 25.0 Å². The van der Waals surface area contributed by atoms with E-state index in [1.807, 2.05) is 32.3 Å². The van der Waals surface area contributed by atoms with Gasteiger partial charge in [-0.15, -0.1) is 10.2 Å². The Hall–Kier alpha value is -2.64. The first-order valence-electron chi connectivity index (χ1n) is 8.50. The van der Waals surface area contributed by atoms with E-state index in [0.717, 1.165) is 42.2 Å². The summed E-state index contributed by atoms with van der Waals surface area (Å²) >= 11 is 0. The molecule has 8 heteroatoms. The number of rotatable bonds is 4. The molecule has 1 saturated carbocycles. The number of anilines is 1. The van der Waals surface area contributed by atoms with Crippen LogP contribution in [0.2, 0.25) is 0 Å². The Bertz CT molecular complexity index is 766. The fourth-order valence-electron chi connectivity index (χ4n) is 4.18. The standard InChI is InChI=1S/C17H22N6O2/c1-11-7-19-22(2)15(11)13-3-4-14(21-20-13)18-8-12-5-17(6-12)9-23(10-17)16(24)25/h3-4,7,12H,5-6,8-10H2,1-2H3,(H,18,21)(H,24,25). The molecule has 132 valence electrons. The molecule has 1 spiro atoms. The van der Waals surface area contributed by atoms with Crippen molar-refractivity contribution in [1.82, 2.24) is 24.9 Å². The van der Waals surface area contributed by atoms with Gasteiger partial charge in [0.15, 0.2) is 0 Å². The molecule has 1 saturated heterocycles. The molecule has 0 bridgehead atoms. The maximum absolute atomic E-state index is 10.8. The number of likely N-dealkylation sites (tertiary alicyclic amines) is 1. The average Bonchev–Trinajstić information content (AvgIpc) is 2.83. The lowest BCUT2D eigenvalue weighted by Gasteiger charge is -2.58. The number of nitrogens with zero attached hydrogens (tertiary/aromatic N) is 5. The molecule has 0 aromatic carbocycles. The molecule has 1 aliphatic carbocycles. The van der Waals surface area contributed by atoms with E-state index in [4.69, 9.17) is 5.11 Å². The Morgan fingerprint density at radius 1 is 1.36 bits per heavy atom.